The van der Waals surface area contributed by atoms with Crippen molar-refractivity contribution in [2.45, 2.75) is 31.6 Å². The molecule has 0 aliphatic heterocycles. The lowest BCUT2D eigenvalue weighted by atomic mass is 10.0. The van der Waals surface area contributed by atoms with Gasteiger partial charge in [-0.2, -0.15) is 0 Å². The third kappa shape index (κ3) is 4.06. The first-order valence-electron chi connectivity index (χ1n) is 10.3. The average molecular weight is 472 g/mol. The summed E-state index contributed by atoms with van der Waals surface area (Å²) < 4.78 is 40.1. The molecule has 4 rings (SSSR count). The van der Waals surface area contributed by atoms with Gasteiger partial charge in [0.1, 0.15) is 16.9 Å². The number of anilines is 1. The van der Waals surface area contributed by atoms with Crippen LogP contribution in [0.2, 0.25) is 5.02 Å². The van der Waals surface area contributed by atoms with Crippen molar-refractivity contribution >= 4 is 55.0 Å². The minimum Gasteiger partial charge on any atom is -0.462 e. The molecule has 32 heavy (non-hydrogen) atoms. The van der Waals surface area contributed by atoms with Crippen LogP contribution in [0.25, 0.3) is 21.7 Å². The fraction of sp³-hybridized carbons (Fsp3) is 0.208. The minimum absolute atomic E-state index is 0.0792. The van der Waals surface area contributed by atoms with Gasteiger partial charge in [0.2, 0.25) is 0 Å². The molecule has 166 valence electrons. The first-order valence-corrected chi connectivity index (χ1v) is 12.1. The van der Waals surface area contributed by atoms with Gasteiger partial charge in [0.05, 0.1) is 17.2 Å². The van der Waals surface area contributed by atoms with E-state index in [0.29, 0.717) is 50.2 Å². The Kier molecular flexibility index (Phi) is 6.13. The van der Waals surface area contributed by atoms with E-state index in [1.54, 1.807) is 19.1 Å². The molecule has 0 atom stereocenters. The SMILES string of the molecule is CCCc1oc2c(cc(NS(=O)(=O)c3ccc(Cl)cc3)c3ccccc32)c1C(=O)OCC. The highest BCUT2D eigenvalue weighted by Crippen LogP contribution is 2.38. The zero-order chi connectivity index (χ0) is 22.9. The van der Waals surface area contributed by atoms with Crippen LogP contribution in [0.5, 0.6) is 0 Å². The van der Waals surface area contributed by atoms with Crippen LogP contribution in [0.15, 0.2) is 63.9 Å². The molecule has 0 amide bonds. The molecule has 3 aromatic carbocycles. The van der Waals surface area contributed by atoms with Crippen LogP contribution >= 0.6 is 11.6 Å². The highest BCUT2D eigenvalue weighted by atomic mass is 35.5. The van der Waals surface area contributed by atoms with E-state index in [2.05, 4.69) is 4.72 Å². The second kappa shape index (κ2) is 8.84. The smallest absolute Gasteiger partial charge is 0.342 e. The van der Waals surface area contributed by atoms with Gasteiger partial charge in [0, 0.05) is 27.6 Å². The number of esters is 1. The molecule has 0 bridgehead atoms. The lowest BCUT2D eigenvalue weighted by molar-refractivity contribution is 0.0526. The van der Waals surface area contributed by atoms with Crippen molar-refractivity contribution in [3.05, 3.63) is 70.9 Å². The number of rotatable bonds is 7. The molecule has 1 aromatic heterocycles. The van der Waals surface area contributed by atoms with Gasteiger partial charge in [-0.1, -0.05) is 42.8 Å². The van der Waals surface area contributed by atoms with E-state index < -0.39 is 16.0 Å². The Morgan fingerprint density at radius 1 is 1.03 bits per heavy atom. The summed E-state index contributed by atoms with van der Waals surface area (Å²) in [7, 11) is -3.89. The summed E-state index contributed by atoms with van der Waals surface area (Å²) in [5.74, 6) is 0.0419. The molecule has 0 radical (unpaired) electrons. The van der Waals surface area contributed by atoms with Crippen LogP contribution in [0.1, 0.15) is 36.4 Å². The van der Waals surface area contributed by atoms with Crippen molar-refractivity contribution in [1.29, 1.82) is 0 Å². The molecule has 0 unspecified atom stereocenters. The summed E-state index contributed by atoms with van der Waals surface area (Å²) in [4.78, 5) is 12.8. The number of sulfonamides is 1. The molecule has 8 heteroatoms. The van der Waals surface area contributed by atoms with Crippen LogP contribution in [-0.2, 0) is 21.2 Å². The second-order valence-electron chi connectivity index (χ2n) is 7.28. The highest BCUT2D eigenvalue weighted by molar-refractivity contribution is 7.92. The third-order valence-electron chi connectivity index (χ3n) is 5.09. The predicted molar refractivity (Wildman–Crippen MR) is 126 cm³/mol. The number of hydrogen-bond donors (Lipinski definition) is 1. The van der Waals surface area contributed by atoms with Crippen molar-refractivity contribution in [3.8, 4) is 0 Å². The van der Waals surface area contributed by atoms with Gasteiger partial charge in [-0.25, -0.2) is 13.2 Å². The molecular formula is C24H22ClNO5S. The monoisotopic (exact) mass is 471 g/mol. The van der Waals surface area contributed by atoms with Crippen molar-refractivity contribution in [2.24, 2.45) is 0 Å². The summed E-state index contributed by atoms with van der Waals surface area (Å²) >= 11 is 5.90. The first-order chi connectivity index (χ1) is 15.4. The van der Waals surface area contributed by atoms with Gasteiger partial charge in [-0.15, -0.1) is 0 Å². The Hall–Kier alpha value is -3.03. The number of fused-ring (bicyclic) bond motifs is 3. The Morgan fingerprint density at radius 3 is 2.38 bits per heavy atom. The number of nitrogens with one attached hydrogen (secondary N) is 1. The predicted octanol–water partition coefficient (Wildman–Crippen LogP) is 6.17. The van der Waals surface area contributed by atoms with E-state index in [1.165, 1.54) is 24.3 Å². The van der Waals surface area contributed by atoms with Gasteiger partial charge >= 0.3 is 5.97 Å². The minimum atomic E-state index is -3.89. The van der Waals surface area contributed by atoms with Gasteiger partial charge < -0.3 is 9.15 Å². The maximum atomic E-state index is 13.1. The van der Waals surface area contributed by atoms with Crippen LogP contribution in [0, 0.1) is 0 Å². The maximum absolute atomic E-state index is 13.1. The molecule has 0 aliphatic rings. The van der Waals surface area contributed by atoms with Crippen LogP contribution in [-0.4, -0.2) is 21.0 Å². The van der Waals surface area contributed by atoms with Crippen molar-refractivity contribution in [1.82, 2.24) is 0 Å². The zero-order valence-electron chi connectivity index (χ0n) is 17.6. The molecule has 6 nitrogen and oxygen atoms in total. The first kappa shape index (κ1) is 22.2. The Bertz CT molecular complexity index is 1410. The number of ether oxygens (including phenoxy) is 1. The highest BCUT2D eigenvalue weighted by Gasteiger charge is 2.25. The number of halogens is 1. The summed E-state index contributed by atoms with van der Waals surface area (Å²) in [5, 5.41) is 2.31. The van der Waals surface area contributed by atoms with Gasteiger partial charge in [-0.3, -0.25) is 4.72 Å². The fourth-order valence-electron chi connectivity index (χ4n) is 3.70. The van der Waals surface area contributed by atoms with Gasteiger partial charge in [0.25, 0.3) is 10.0 Å². The standard InChI is InChI=1S/C24H22ClNO5S/c1-3-7-21-22(24(27)30-4-2)19-14-20(17-8-5-6-9-18(17)23(19)31-21)26-32(28,29)16-12-10-15(25)11-13-16/h5-6,8-14,26H,3-4,7H2,1-2H3. The molecule has 0 spiro atoms. The lowest BCUT2D eigenvalue weighted by Gasteiger charge is -2.12. The van der Waals surface area contributed by atoms with Gasteiger partial charge in [0.15, 0.2) is 0 Å². The molecule has 0 saturated carbocycles. The van der Waals surface area contributed by atoms with Gasteiger partial charge in [-0.05, 0) is 43.7 Å². The number of hydrogen-bond acceptors (Lipinski definition) is 5. The Labute approximate surface area is 191 Å². The molecule has 0 fully saturated rings. The molecule has 0 aliphatic carbocycles. The second-order valence-corrected chi connectivity index (χ2v) is 9.40. The number of aryl methyl sites for hydroxylation is 1. The largest absolute Gasteiger partial charge is 0.462 e. The van der Waals surface area contributed by atoms with Crippen LogP contribution < -0.4 is 4.72 Å². The quantitative estimate of drug-likeness (QED) is 0.326. The summed E-state index contributed by atoms with van der Waals surface area (Å²) in [6.45, 7) is 3.95. The zero-order valence-corrected chi connectivity index (χ0v) is 19.2. The normalized spacial score (nSPS) is 11.7. The van der Waals surface area contributed by atoms with E-state index in [0.717, 1.165) is 6.42 Å². The molecular weight excluding hydrogens is 450 g/mol. The van der Waals surface area contributed by atoms with Crippen LogP contribution in [0.3, 0.4) is 0 Å². The maximum Gasteiger partial charge on any atom is 0.342 e. The topological polar surface area (TPSA) is 85.6 Å². The summed E-state index contributed by atoms with van der Waals surface area (Å²) in [5.41, 5.74) is 1.21. The molecule has 0 saturated heterocycles. The fourth-order valence-corrected chi connectivity index (χ4v) is 4.90. The Morgan fingerprint density at radius 2 is 1.72 bits per heavy atom. The molecule has 4 aromatic rings. The number of carbonyl (C=O) groups excluding carboxylic acids is 1. The molecule has 1 heterocycles. The van der Waals surface area contributed by atoms with E-state index in [1.807, 2.05) is 25.1 Å². The van der Waals surface area contributed by atoms with Crippen molar-refractivity contribution < 1.29 is 22.4 Å². The number of carbonyl (C=O) groups is 1. The van der Waals surface area contributed by atoms with Crippen molar-refractivity contribution in [3.63, 3.8) is 0 Å². The van der Waals surface area contributed by atoms with Crippen LogP contribution in [0.4, 0.5) is 5.69 Å². The molecule has 1 N–H and O–H groups in total. The van der Waals surface area contributed by atoms with E-state index in [9.17, 15) is 13.2 Å². The lowest BCUT2D eigenvalue weighted by Crippen LogP contribution is -2.13. The summed E-state index contributed by atoms with van der Waals surface area (Å²) in [6.07, 6.45) is 1.34. The number of furan rings is 1. The van der Waals surface area contributed by atoms with E-state index in [-0.39, 0.29) is 11.5 Å². The van der Waals surface area contributed by atoms with Crippen molar-refractivity contribution in [2.75, 3.05) is 11.3 Å². The van der Waals surface area contributed by atoms with E-state index in [4.69, 9.17) is 20.8 Å². The number of benzene rings is 3. The summed E-state index contributed by atoms with van der Waals surface area (Å²) in [6, 6.07) is 14.8. The Balaban J connectivity index is 1.95. The van der Waals surface area contributed by atoms with E-state index >= 15 is 0 Å². The third-order valence-corrected chi connectivity index (χ3v) is 6.73. The average Bonchev–Trinajstić information content (AvgIpc) is 3.12.